The summed E-state index contributed by atoms with van der Waals surface area (Å²) in [6.45, 7) is 19.1. The first-order valence-corrected chi connectivity index (χ1v) is 13.7. The van der Waals surface area contributed by atoms with Crippen LogP contribution in [0.3, 0.4) is 0 Å². The Balaban J connectivity index is 1.64. The Morgan fingerprint density at radius 2 is 1.55 bits per heavy atom. The second kappa shape index (κ2) is 6.75. The lowest BCUT2D eigenvalue weighted by atomic mass is 9.33. The number of ketones is 1. The van der Waals surface area contributed by atoms with Gasteiger partial charge in [-0.15, -0.1) is 0 Å². The highest BCUT2D eigenvalue weighted by Crippen LogP contribution is 2.76. The molecule has 7 atom stereocenters. The van der Waals surface area contributed by atoms with E-state index in [4.69, 9.17) is 4.89 Å². The van der Waals surface area contributed by atoms with Gasteiger partial charge in [0.1, 0.15) is 11.4 Å². The van der Waals surface area contributed by atoms with Crippen LogP contribution in [-0.2, 0) is 9.68 Å². The number of hydrogen-bond donors (Lipinski definition) is 1. The van der Waals surface area contributed by atoms with Crippen molar-refractivity contribution in [1.82, 2.24) is 0 Å². The molecule has 5 aliphatic carbocycles. The molecule has 5 rings (SSSR count). The number of rotatable bonds is 1. The van der Waals surface area contributed by atoms with Crippen LogP contribution in [0.5, 0.6) is 0 Å². The van der Waals surface area contributed by atoms with Gasteiger partial charge in [-0.3, -0.25) is 10.1 Å². The molecule has 0 spiro atoms. The van der Waals surface area contributed by atoms with E-state index < -0.39 is 5.60 Å². The van der Waals surface area contributed by atoms with Gasteiger partial charge in [0.25, 0.3) is 0 Å². The van der Waals surface area contributed by atoms with Crippen molar-refractivity contribution in [3.05, 3.63) is 11.6 Å². The van der Waals surface area contributed by atoms with Crippen LogP contribution in [0, 0.1) is 44.3 Å². The Bertz CT molecular complexity index is 900. The maximum absolute atomic E-state index is 12.9. The molecule has 0 radical (unpaired) electrons. The first-order valence-electron chi connectivity index (χ1n) is 13.7. The Hall–Kier alpha value is -0.670. The normalized spacial score (nSPS) is 52.6. The third-order valence-electron chi connectivity index (χ3n) is 13.0. The maximum atomic E-state index is 12.9. The van der Waals surface area contributed by atoms with E-state index in [0.717, 1.165) is 44.9 Å². The van der Waals surface area contributed by atoms with Gasteiger partial charge in [-0.1, -0.05) is 61.5 Å². The van der Waals surface area contributed by atoms with Gasteiger partial charge in [0, 0.05) is 17.3 Å². The maximum Gasteiger partial charge on any atom is 0.138 e. The zero-order chi connectivity index (χ0) is 24.3. The quantitative estimate of drug-likeness (QED) is 0.247. The first kappa shape index (κ1) is 24.0. The molecule has 33 heavy (non-hydrogen) atoms. The summed E-state index contributed by atoms with van der Waals surface area (Å²) >= 11 is 0. The average Bonchev–Trinajstić information content (AvgIpc) is 2.73. The van der Waals surface area contributed by atoms with E-state index >= 15 is 0 Å². The first-order chi connectivity index (χ1) is 15.1. The van der Waals surface area contributed by atoms with Crippen molar-refractivity contribution >= 4 is 5.78 Å². The number of allylic oxidation sites excluding steroid dienone is 1. The summed E-state index contributed by atoms with van der Waals surface area (Å²) in [5, 5.41) is 10.7. The second-order valence-electron chi connectivity index (χ2n) is 15.2. The molecule has 0 aromatic rings. The van der Waals surface area contributed by atoms with Crippen molar-refractivity contribution in [3.8, 4) is 0 Å². The van der Waals surface area contributed by atoms with Crippen molar-refractivity contribution in [2.45, 2.75) is 125 Å². The van der Waals surface area contributed by atoms with Crippen molar-refractivity contribution in [2.75, 3.05) is 0 Å². The number of hydrogen-bond acceptors (Lipinski definition) is 3. The van der Waals surface area contributed by atoms with Gasteiger partial charge in [-0.2, -0.15) is 0 Å². The summed E-state index contributed by atoms with van der Waals surface area (Å²) in [6, 6.07) is 0. The Morgan fingerprint density at radius 3 is 2.21 bits per heavy atom. The summed E-state index contributed by atoms with van der Waals surface area (Å²) in [5.41, 5.74) is 1.14. The van der Waals surface area contributed by atoms with Gasteiger partial charge < -0.3 is 0 Å². The van der Waals surface area contributed by atoms with E-state index in [9.17, 15) is 10.1 Å². The Kier molecular flexibility index (Phi) is 4.92. The molecule has 0 unspecified atom stereocenters. The van der Waals surface area contributed by atoms with Crippen LogP contribution < -0.4 is 0 Å². The van der Waals surface area contributed by atoms with E-state index in [1.165, 1.54) is 24.8 Å². The summed E-state index contributed by atoms with van der Waals surface area (Å²) < 4.78 is 0. The molecule has 0 aromatic carbocycles. The van der Waals surface area contributed by atoms with Gasteiger partial charge in [-0.05, 0) is 96.9 Å². The van der Waals surface area contributed by atoms with Crippen LogP contribution in [-0.4, -0.2) is 16.6 Å². The molecule has 0 amide bonds. The highest BCUT2D eigenvalue weighted by atomic mass is 17.1. The van der Waals surface area contributed by atoms with Crippen molar-refractivity contribution < 1.29 is 14.9 Å². The monoisotopic (exact) mass is 456 g/mol. The zero-order valence-corrected chi connectivity index (χ0v) is 22.6. The SMILES string of the molecule is CC1(C)CC[C@]2(C)CC[C@]3(C)C(=CC[C@@H]4[C@@]5(C)CCC(=O)C(C)(C)[C@@H]5CC[C@]43C)[C@]2(OO)C1. The lowest BCUT2D eigenvalue weighted by Gasteiger charge is -2.72. The number of Topliss-reactive ketones (excluding diaryl/α,β-unsaturated/α-hetero) is 1. The minimum absolute atomic E-state index is 0.00778. The number of fused-ring (bicyclic) bond motifs is 7. The molecular weight excluding hydrogens is 408 g/mol. The van der Waals surface area contributed by atoms with Crippen molar-refractivity contribution in [2.24, 2.45) is 44.3 Å². The van der Waals surface area contributed by atoms with Gasteiger partial charge >= 0.3 is 0 Å². The van der Waals surface area contributed by atoms with Crippen LogP contribution >= 0.6 is 0 Å². The molecular formula is C30H48O3. The minimum Gasteiger partial charge on any atom is -0.299 e. The Morgan fingerprint density at radius 1 is 0.879 bits per heavy atom. The van der Waals surface area contributed by atoms with Crippen LogP contribution in [0.1, 0.15) is 120 Å². The predicted octanol–water partition coefficient (Wildman–Crippen LogP) is 7.99. The lowest BCUT2D eigenvalue weighted by molar-refractivity contribution is -0.369. The van der Waals surface area contributed by atoms with Crippen LogP contribution in [0.2, 0.25) is 0 Å². The molecule has 1 N–H and O–H groups in total. The molecule has 4 saturated carbocycles. The smallest absolute Gasteiger partial charge is 0.138 e. The summed E-state index contributed by atoms with van der Waals surface area (Å²) in [4.78, 5) is 18.7. The minimum atomic E-state index is -0.574. The fourth-order valence-electron chi connectivity index (χ4n) is 10.6. The molecule has 0 aliphatic heterocycles. The van der Waals surface area contributed by atoms with Gasteiger partial charge in [0.15, 0.2) is 0 Å². The van der Waals surface area contributed by atoms with Crippen LogP contribution in [0.25, 0.3) is 0 Å². The molecule has 5 aliphatic rings. The van der Waals surface area contributed by atoms with E-state index in [0.29, 0.717) is 17.6 Å². The summed E-state index contributed by atoms with van der Waals surface area (Å²) in [6.07, 6.45) is 13.2. The van der Waals surface area contributed by atoms with E-state index in [1.54, 1.807) is 0 Å². The van der Waals surface area contributed by atoms with E-state index in [2.05, 4.69) is 61.5 Å². The second-order valence-corrected chi connectivity index (χ2v) is 15.2. The molecule has 0 bridgehead atoms. The van der Waals surface area contributed by atoms with E-state index in [-0.39, 0.29) is 32.5 Å². The fourth-order valence-corrected chi connectivity index (χ4v) is 10.6. The summed E-state index contributed by atoms with van der Waals surface area (Å²) in [7, 11) is 0. The van der Waals surface area contributed by atoms with Gasteiger partial charge in [-0.25, -0.2) is 4.89 Å². The number of carbonyl (C=O) groups is 1. The van der Waals surface area contributed by atoms with E-state index in [1.807, 2.05) is 0 Å². The molecule has 3 heteroatoms. The highest BCUT2D eigenvalue weighted by Gasteiger charge is 2.71. The molecule has 0 saturated heterocycles. The van der Waals surface area contributed by atoms with Crippen LogP contribution in [0.15, 0.2) is 11.6 Å². The van der Waals surface area contributed by atoms with Gasteiger partial charge in [0.2, 0.25) is 0 Å². The molecule has 0 heterocycles. The Labute approximate surface area is 202 Å². The molecule has 3 nitrogen and oxygen atoms in total. The molecule has 0 aromatic heterocycles. The van der Waals surface area contributed by atoms with Crippen molar-refractivity contribution in [3.63, 3.8) is 0 Å². The average molecular weight is 457 g/mol. The molecule has 186 valence electrons. The lowest BCUT2D eigenvalue weighted by Crippen LogP contribution is -2.68. The summed E-state index contributed by atoms with van der Waals surface area (Å²) in [5.74, 6) is 1.51. The fraction of sp³-hybridized carbons (Fsp3) is 0.900. The highest BCUT2D eigenvalue weighted by molar-refractivity contribution is 5.85. The van der Waals surface area contributed by atoms with Gasteiger partial charge in [0.05, 0.1) is 0 Å². The third-order valence-corrected chi connectivity index (χ3v) is 13.0. The number of carbonyl (C=O) groups excluding carboxylic acids is 1. The third kappa shape index (κ3) is 2.73. The molecule has 4 fully saturated rings. The predicted molar refractivity (Wildman–Crippen MR) is 133 cm³/mol. The topological polar surface area (TPSA) is 46.5 Å². The zero-order valence-electron chi connectivity index (χ0n) is 22.6. The van der Waals surface area contributed by atoms with Crippen LogP contribution in [0.4, 0.5) is 0 Å². The largest absolute Gasteiger partial charge is 0.299 e. The standard InChI is InChI=1S/C30H48O3/c1-24(2)15-16-26(5)17-18-29(8)22(30(26,19-24)33-32)10-9-21-27(6)13-12-23(31)25(3,4)20(27)11-14-28(21,29)7/h10,20-21,32H,9,11-19H2,1-8H3/t20-,21+,26+,27-,28+,29+,30+/m0/s1. The van der Waals surface area contributed by atoms with Crippen molar-refractivity contribution in [1.29, 1.82) is 0 Å².